The lowest BCUT2D eigenvalue weighted by Gasteiger charge is -2.22. The van der Waals surface area contributed by atoms with E-state index in [0.29, 0.717) is 25.9 Å². The maximum absolute atomic E-state index is 12.6. The van der Waals surface area contributed by atoms with Gasteiger partial charge in [-0.05, 0) is 25.7 Å². The van der Waals surface area contributed by atoms with Crippen molar-refractivity contribution in [2.24, 2.45) is 0 Å². The zero-order valence-electron chi connectivity index (χ0n) is 59.8. The highest BCUT2D eigenvalue weighted by Gasteiger charge is 2.20. The van der Waals surface area contributed by atoms with Crippen molar-refractivity contribution in [1.82, 2.24) is 5.32 Å². The topological polar surface area (TPSA) is 95.9 Å². The summed E-state index contributed by atoms with van der Waals surface area (Å²) in [5, 5.41) is 23.5. The molecule has 3 N–H and O–H groups in total. The van der Waals surface area contributed by atoms with Gasteiger partial charge in [0, 0.05) is 12.8 Å². The van der Waals surface area contributed by atoms with E-state index in [2.05, 4.69) is 19.2 Å². The van der Waals surface area contributed by atoms with Crippen molar-refractivity contribution in [2.75, 3.05) is 13.2 Å². The molecule has 2 unspecified atom stereocenters. The summed E-state index contributed by atoms with van der Waals surface area (Å²) in [6.07, 6.45) is 96.4. The summed E-state index contributed by atoms with van der Waals surface area (Å²) in [7, 11) is 0. The van der Waals surface area contributed by atoms with E-state index >= 15 is 0 Å². The number of carbonyl (C=O) groups excluding carboxylic acids is 2. The first-order valence-corrected chi connectivity index (χ1v) is 40.8. The number of carbonyl (C=O) groups is 2. The Balaban J connectivity index is 3.32. The summed E-state index contributed by atoms with van der Waals surface area (Å²) >= 11 is 0. The van der Waals surface area contributed by atoms with E-state index in [4.69, 9.17) is 4.74 Å². The average Bonchev–Trinajstić information content (AvgIpc) is 3.57. The van der Waals surface area contributed by atoms with Gasteiger partial charge in [-0.15, -0.1) is 0 Å². The normalized spacial score (nSPS) is 12.4. The molecule has 0 aliphatic rings. The van der Waals surface area contributed by atoms with Crippen molar-refractivity contribution < 1.29 is 24.5 Å². The molecular formula is C81H161NO5. The van der Waals surface area contributed by atoms with Gasteiger partial charge in [0.2, 0.25) is 5.91 Å². The fourth-order valence-electron chi connectivity index (χ4n) is 13.5. The number of ether oxygens (including phenoxy) is 1. The molecule has 0 aromatic carbocycles. The average molecular weight is 1230 g/mol. The number of amides is 1. The molecule has 520 valence electrons. The van der Waals surface area contributed by atoms with E-state index in [-0.39, 0.29) is 18.5 Å². The van der Waals surface area contributed by atoms with Crippen LogP contribution in [0.2, 0.25) is 0 Å². The molecule has 0 radical (unpaired) electrons. The van der Waals surface area contributed by atoms with E-state index in [1.807, 2.05) is 0 Å². The molecule has 0 bridgehead atoms. The largest absolute Gasteiger partial charge is 0.466 e. The summed E-state index contributed by atoms with van der Waals surface area (Å²) in [4.78, 5) is 24.6. The Morgan fingerprint density at radius 3 is 0.701 bits per heavy atom. The van der Waals surface area contributed by atoms with Crippen LogP contribution in [-0.2, 0) is 14.3 Å². The molecular weight excluding hydrogens is 1070 g/mol. The predicted molar refractivity (Wildman–Crippen MR) is 384 cm³/mol. The monoisotopic (exact) mass is 1230 g/mol. The quantitative estimate of drug-likeness (QED) is 0.0417. The molecule has 2 atom stereocenters. The molecule has 6 nitrogen and oxygen atoms in total. The first-order valence-electron chi connectivity index (χ1n) is 40.8. The summed E-state index contributed by atoms with van der Waals surface area (Å²) in [6.45, 7) is 5.02. The standard InChI is InChI=1S/C81H161NO5/c1-3-5-7-9-11-13-15-17-18-19-20-21-22-34-37-40-43-46-50-53-57-61-65-69-73-79(84)78(77-83)82-80(85)74-70-66-62-58-54-51-47-44-41-38-35-32-30-28-26-24-23-25-27-29-31-33-36-39-42-45-48-52-56-60-64-68-72-76-87-81(86)75-71-67-63-59-55-49-16-14-12-10-8-6-4-2/h78-79,83-84H,3-77H2,1-2H3,(H,82,85). The molecule has 0 rings (SSSR count). The van der Waals surface area contributed by atoms with E-state index in [0.717, 1.165) is 38.5 Å². The van der Waals surface area contributed by atoms with E-state index in [9.17, 15) is 19.8 Å². The van der Waals surface area contributed by atoms with Gasteiger partial charge in [-0.2, -0.15) is 0 Å². The SMILES string of the molecule is CCCCCCCCCCCCCCCCCCCCCCCCCCC(O)C(CO)NC(=O)CCCCCCCCCCCCCCCCCCCCCCCCCCCCCCCCCCCOC(=O)CCCCCCCCCCCCCCC. The van der Waals surface area contributed by atoms with Gasteiger partial charge in [0.1, 0.15) is 0 Å². The van der Waals surface area contributed by atoms with Crippen molar-refractivity contribution in [3.63, 3.8) is 0 Å². The molecule has 6 heteroatoms. The molecule has 0 saturated carbocycles. The maximum atomic E-state index is 12.6. The highest BCUT2D eigenvalue weighted by atomic mass is 16.5. The van der Waals surface area contributed by atoms with Gasteiger partial charge in [-0.3, -0.25) is 9.59 Å². The smallest absolute Gasteiger partial charge is 0.305 e. The van der Waals surface area contributed by atoms with Crippen LogP contribution < -0.4 is 5.32 Å². The van der Waals surface area contributed by atoms with E-state index in [1.54, 1.807) is 0 Å². The summed E-state index contributed by atoms with van der Waals surface area (Å²) in [6, 6.07) is -0.538. The Bertz CT molecular complexity index is 1280. The lowest BCUT2D eigenvalue weighted by molar-refractivity contribution is -0.143. The van der Waals surface area contributed by atoms with Gasteiger partial charge in [0.05, 0.1) is 25.4 Å². The molecule has 0 spiro atoms. The minimum atomic E-state index is -0.661. The molecule has 0 aliphatic heterocycles. The Kier molecular flexibility index (Phi) is 76.3. The van der Waals surface area contributed by atoms with Gasteiger partial charge < -0.3 is 20.3 Å². The lowest BCUT2D eigenvalue weighted by atomic mass is 10.0. The van der Waals surface area contributed by atoms with Crippen LogP contribution in [0.3, 0.4) is 0 Å². The molecule has 0 fully saturated rings. The second-order valence-electron chi connectivity index (χ2n) is 28.5. The second kappa shape index (κ2) is 77.3. The third kappa shape index (κ3) is 73.8. The summed E-state index contributed by atoms with van der Waals surface area (Å²) < 4.78 is 5.50. The Morgan fingerprint density at radius 1 is 0.276 bits per heavy atom. The lowest BCUT2D eigenvalue weighted by Crippen LogP contribution is -2.45. The van der Waals surface area contributed by atoms with Gasteiger partial charge in [0.25, 0.3) is 0 Å². The van der Waals surface area contributed by atoms with Gasteiger partial charge in [-0.1, -0.05) is 444 Å². The van der Waals surface area contributed by atoms with Gasteiger partial charge in [0.15, 0.2) is 0 Å². The highest BCUT2D eigenvalue weighted by molar-refractivity contribution is 5.76. The van der Waals surface area contributed by atoms with Crippen LogP contribution in [0.1, 0.15) is 483 Å². The zero-order chi connectivity index (χ0) is 62.8. The molecule has 0 aromatic heterocycles. The molecule has 0 aliphatic carbocycles. The Hall–Kier alpha value is -1.14. The Labute approximate surface area is 547 Å². The summed E-state index contributed by atoms with van der Waals surface area (Å²) in [5.41, 5.74) is 0. The highest BCUT2D eigenvalue weighted by Crippen LogP contribution is 2.21. The molecule has 0 saturated heterocycles. The molecule has 0 heterocycles. The number of nitrogens with one attached hydrogen (secondary N) is 1. The molecule has 0 aromatic rings. The number of unbranched alkanes of at least 4 members (excludes halogenated alkanes) is 67. The summed E-state index contributed by atoms with van der Waals surface area (Å²) in [5.74, 6) is 0.00139. The number of aliphatic hydroxyl groups excluding tert-OH is 2. The minimum Gasteiger partial charge on any atom is -0.466 e. The van der Waals surface area contributed by atoms with Crippen LogP contribution in [-0.4, -0.2) is 47.4 Å². The third-order valence-corrected chi connectivity index (χ3v) is 19.7. The first-order chi connectivity index (χ1) is 43.0. The number of rotatable bonds is 78. The third-order valence-electron chi connectivity index (χ3n) is 19.7. The molecule has 1 amide bonds. The van der Waals surface area contributed by atoms with Crippen LogP contribution in [0.15, 0.2) is 0 Å². The predicted octanol–water partition coefficient (Wildman–Crippen LogP) is 26.9. The maximum Gasteiger partial charge on any atom is 0.305 e. The van der Waals surface area contributed by atoms with Crippen molar-refractivity contribution in [3.05, 3.63) is 0 Å². The van der Waals surface area contributed by atoms with Crippen molar-refractivity contribution in [3.8, 4) is 0 Å². The number of hydrogen-bond acceptors (Lipinski definition) is 5. The van der Waals surface area contributed by atoms with Crippen molar-refractivity contribution >= 4 is 11.9 Å². The molecule has 87 heavy (non-hydrogen) atoms. The van der Waals surface area contributed by atoms with Crippen molar-refractivity contribution in [2.45, 2.75) is 495 Å². The van der Waals surface area contributed by atoms with Crippen molar-refractivity contribution in [1.29, 1.82) is 0 Å². The van der Waals surface area contributed by atoms with Crippen LogP contribution in [0.25, 0.3) is 0 Å². The second-order valence-corrected chi connectivity index (χ2v) is 28.5. The Morgan fingerprint density at radius 2 is 0.471 bits per heavy atom. The van der Waals surface area contributed by atoms with E-state index in [1.165, 1.54) is 411 Å². The van der Waals surface area contributed by atoms with Crippen LogP contribution in [0.5, 0.6) is 0 Å². The number of esters is 1. The van der Waals surface area contributed by atoms with Crippen LogP contribution in [0.4, 0.5) is 0 Å². The van der Waals surface area contributed by atoms with E-state index < -0.39 is 12.1 Å². The van der Waals surface area contributed by atoms with Gasteiger partial charge >= 0.3 is 5.97 Å². The number of aliphatic hydroxyl groups is 2. The first kappa shape index (κ1) is 85.9. The fourth-order valence-corrected chi connectivity index (χ4v) is 13.5. The van der Waals surface area contributed by atoms with Gasteiger partial charge in [-0.25, -0.2) is 0 Å². The van der Waals surface area contributed by atoms with Crippen LogP contribution in [0, 0.1) is 0 Å². The zero-order valence-corrected chi connectivity index (χ0v) is 59.8. The number of hydrogen-bond donors (Lipinski definition) is 3. The van der Waals surface area contributed by atoms with Crippen LogP contribution >= 0.6 is 0 Å². The minimum absolute atomic E-state index is 0.0234. The fraction of sp³-hybridized carbons (Fsp3) is 0.975.